The van der Waals surface area contributed by atoms with E-state index >= 15 is 0 Å². The Labute approximate surface area is 215 Å². The van der Waals surface area contributed by atoms with Crippen LogP contribution in [0.1, 0.15) is 37.5 Å². The fraction of sp³-hybridized carbons (Fsp3) is 0.321. The maximum atomic E-state index is 14.9. The van der Waals surface area contributed by atoms with E-state index in [1.165, 1.54) is 17.8 Å². The van der Waals surface area contributed by atoms with Crippen molar-refractivity contribution in [3.05, 3.63) is 88.2 Å². The Morgan fingerprint density at radius 2 is 1.77 bits per heavy atom. The topological polar surface area (TPSA) is 38.8 Å². The zero-order valence-corrected chi connectivity index (χ0v) is 21.7. The van der Waals surface area contributed by atoms with Gasteiger partial charge in [-0.3, -0.25) is 0 Å². The quantitative estimate of drug-likeness (QED) is 0.325. The maximum Gasteiger partial charge on any atom is 0.410 e. The third-order valence-corrected chi connectivity index (χ3v) is 7.26. The molecule has 0 atom stereocenters. The molecule has 184 valence electrons. The van der Waals surface area contributed by atoms with E-state index in [0.717, 1.165) is 22.4 Å². The first kappa shape index (κ1) is 25.4. The van der Waals surface area contributed by atoms with Gasteiger partial charge in [-0.15, -0.1) is 11.8 Å². The van der Waals surface area contributed by atoms with E-state index in [2.05, 4.69) is 0 Å². The summed E-state index contributed by atoms with van der Waals surface area (Å²) in [5.74, 6) is 1.23. The number of fused-ring (bicyclic) bond motifs is 1. The molecule has 35 heavy (non-hydrogen) atoms. The lowest BCUT2D eigenvalue weighted by Crippen LogP contribution is -2.38. The molecule has 0 aliphatic carbocycles. The minimum absolute atomic E-state index is 0.300. The molecule has 0 saturated heterocycles. The van der Waals surface area contributed by atoms with E-state index in [-0.39, 0.29) is 11.9 Å². The molecule has 0 saturated carbocycles. The van der Waals surface area contributed by atoms with E-state index < -0.39 is 5.60 Å². The summed E-state index contributed by atoms with van der Waals surface area (Å²) in [7, 11) is 0. The Bertz CT molecular complexity index is 1200. The fourth-order valence-electron chi connectivity index (χ4n) is 3.91. The van der Waals surface area contributed by atoms with Gasteiger partial charge in [0.05, 0.1) is 5.02 Å². The van der Waals surface area contributed by atoms with Gasteiger partial charge in [0.15, 0.2) is 0 Å². The van der Waals surface area contributed by atoms with Crippen LogP contribution in [0.15, 0.2) is 65.6 Å². The van der Waals surface area contributed by atoms with Crippen molar-refractivity contribution in [3.8, 4) is 11.5 Å². The van der Waals surface area contributed by atoms with Crippen molar-refractivity contribution >= 4 is 29.5 Å². The van der Waals surface area contributed by atoms with Crippen molar-refractivity contribution in [2.24, 2.45) is 0 Å². The molecule has 1 aliphatic heterocycles. The van der Waals surface area contributed by atoms with E-state index in [9.17, 15) is 9.18 Å². The predicted octanol–water partition coefficient (Wildman–Crippen LogP) is 7.90. The molecule has 0 aromatic heterocycles. The molecule has 1 amide bonds. The molecular weight excluding hydrogens is 485 g/mol. The van der Waals surface area contributed by atoms with Gasteiger partial charge in [0.25, 0.3) is 0 Å². The summed E-state index contributed by atoms with van der Waals surface area (Å²) in [6, 6.07) is 18.1. The molecule has 4 nitrogen and oxygen atoms in total. The van der Waals surface area contributed by atoms with Crippen molar-refractivity contribution < 1.29 is 18.7 Å². The van der Waals surface area contributed by atoms with Crippen LogP contribution in [0.4, 0.5) is 9.18 Å². The average molecular weight is 514 g/mol. The van der Waals surface area contributed by atoms with Gasteiger partial charge in [-0.05, 0) is 74.6 Å². The fourth-order valence-corrected chi connectivity index (χ4v) is 5.40. The molecule has 4 rings (SSSR count). The minimum Gasteiger partial charge on any atom is -0.457 e. The predicted molar refractivity (Wildman–Crippen MR) is 139 cm³/mol. The van der Waals surface area contributed by atoms with Crippen LogP contribution in [0.3, 0.4) is 0 Å². The molecule has 0 bridgehead atoms. The molecule has 0 spiro atoms. The first-order valence-corrected chi connectivity index (χ1v) is 13.0. The maximum absolute atomic E-state index is 14.9. The van der Waals surface area contributed by atoms with Gasteiger partial charge in [0, 0.05) is 29.8 Å². The van der Waals surface area contributed by atoms with Gasteiger partial charge in [0.2, 0.25) is 0 Å². The lowest BCUT2D eigenvalue weighted by Gasteiger charge is -2.26. The van der Waals surface area contributed by atoms with Crippen LogP contribution in [-0.4, -0.2) is 29.7 Å². The molecule has 1 aliphatic rings. The molecule has 3 aromatic rings. The third-order valence-electron chi connectivity index (χ3n) is 5.62. The second-order valence-electron chi connectivity index (χ2n) is 9.44. The van der Waals surface area contributed by atoms with E-state index in [1.807, 2.05) is 63.2 Å². The molecule has 0 N–H and O–H groups in total. The number of hydrogen-bond acceptors (Lipinski definition) is 4. The Balaban J connectivity index is 1.45. The smallest absolute Gasteiger partial charge is 0.410 e. The van der Waals surface area contributed by atoms with Crippen LogP contribution >= 0.6 is 23.4 Å². The third kappa shape index (κ3) is 6.71. The summed E-state index contributed by atoms with van der Waals surface area (Å²) in [5, 5.41) is 0.643. The number of benzene rings is 3. The summed E-state index contributed by atoms with van der Waals surface area (Å²) in [6.07, 6.45) is 1.09. The normalized spacial score (nSPS) is 13.7. The van der Waals surface area contributed by atoms with Crippen LogP contribution in [0.25, 0.3) is 0 Å². The van der Waals surface area contributed by atoms with Crippen molar-refractivity contribution in [3.63, 3.8) is 0 Å². The average Bonchev–Trinajstić information content (AvgIpc) is 3.02. The number of para-hydroxylation sites is 1. The SMILES string of the molecule is CC(C)(C)OC(=O)N1CCc2ccc(Cl)c(SCc3ccc(Oc4ccccc4)cc3F)c2CC1. The van der Waals surface area contributed by atoms with E-state index in [0.29, 0.717) is 47.3 Å². The second kappa shape index (κ2) is 10.9. The van der Waals surface area contributed by atoms with Gasteiger partial charge >= 0.3 is 6.09 Å². The van der Waals surface area contributed by atoms with Crippen molar-refractivity contribution in [1.82, 2.24) is 4.90 Å². The number of thioether (sulfide) groups is 1. The number of carbonyl (C=O) groups excluding carboxylic acids is 1. The Hall–Kier alpha value is -2.70. The van der Waals surface area contributed by atoms with E-state index in [1.54, 1.807) is 17.0 Å². The highest BCUT2D eigenvalue weighted by Crippen LogP contribution is 2.37. The zero-order chi connectivity index (χ0) is 25.0. The zero-order valence-electron chi connectivity index (χ0n) is 20.1. The van der Waals surface area contributed by atoms with Gasteiger partial charge in [0.1, 0.15) is 22.9 Å². The number of nitrogens with zero attached hydrogens (tertiary/aromatic N) is 1. The first-order valence-electron chi connectivity index (χ1n) is 11.6. The van der Waals surface area contributed by atoms with Crippen LogP contribution in [0, 0.1) is 5.82 Å². The number of amides is 1. The summed E-state index contributed by atoms with van der Waals surface area (Å²) in [4.78, 5) is 15.3. The number of hydrogen-bond donors (Lipinski definition) is 0. The standard InChI is InChI=1S/C28H29ClFNO3S/c1-28(2,3)34-27(32)31-15-13-19-10-12-24(29)26(23(19)14-16-31)35-18-20-9-11-22(17-25(20)30)33-21-7-5-4-6-8-21/h4-12,17H,13-16,18H2,1-3H3. The summed E-state index contributed by atoms with van der Waals surface area (Å²) >= 11 is 8.10. The number of halogens is 2. The summed E-state index contributed by atoms with van der Waals surface area (Å²) < 4.78 is 26.1. The summed E-state index contributed by atoms with van der Waals surface area (Å²) in [5.41, 5.74) is 2.33. The number of rotatable bonds is 5. The first-order chi connectivity index (χ1) is 16.7. The Morgan fingerprint density at radius 1 is 1.03 bits per heavy atom. The molecule has 0 radical (unpaired) electrons. The highest BCUT2D eigenvalue weighted by Gasteiger charge is 2.25. The lowest BCUT2D eigenvalue weighted by atomic mass is 10.0. The Kier molecular flexibility index (Phi) is 7.92. The highest BCUT2D eigenvalue weighted by molar-refractivity contribution is 7.98. The lowest BCUT2D eigenvalue weighted by molar-refractivity contribution is 0.0258. The van der Waals surface area contributed by atoms with Crippen LogP contribution in [0.5, 0.6) is 11.5 Å². The minimum atomic E-state index is -0.535. The van der Waals surface area contributed by atoms with Gasteiger partial charge in [-0.25, -0.2) is 9.18 Å². The molecular formula is C28H29ClFNO3S. The number of ether oxygens (including phenoxy) is 2. The Morgan fingerprint density at radius 3 is 2.49 bits per heavy atom. The van der Waals surface area contributed by atoms with Gasteiger partial charge in [-0.2, -0.15) is 0 Å². The van der Waals surface area contributed by atoms with Crippen LogP contribution < -0.4 is 4.74 Å². The van der Waals surface area contributed by atoms with Crippen LogP contribution in [-0.2, 0) is 23.3 Å². The van der Waals surface area contributed by atoms with Crippen LogP contribution in [0.2, 0.25) is 5.02 Å². The van der Waals surface area contributed by atoms with Crippen molar-refractivity contribution in [2.75, 3.05) is 13.1 Å². The van der Waals surface area contributed by atoms with Crippen molar-refractivity contribution in [2.45, 2.75) is 49.9 Å². The van der Waals surface area contributed by atoms with Gasteiger partial charge < -0.3 is 14.4 Å². The largest absolute Gasteiger partial charge is 0.457 e. The van der Waals surface area contributed by atoms with Crippen molar-refractivity contribution in [1.29, 1.82) is 0 Å². The second-order valence-corrected chi connectivity index (χ2v) is 10.8. The summed E-state index contributed by atoms with van der Waals surface area (Å²) in [6.45, 7) is 6.74. The molecule has 1 heterocycles. The van der Waals surface area contributed by atoms with Gasteiger partial charge in [-0.1, -0.05) is 41.9 Å². The molecule has 3 aromatic carbocycles. The number of carbonyl (C=O) groups is 1. The highest BCUT2D eigenvalue weighted by atomic mass is 35.5. The molecule has 7 heteroatoms. The molecule has 0 fully saturated rings. The molecule has 0 unspecified atom stereocenters. The van der Waals surface area contributed by atoms with E-state index in [4.69, 9.17) is 21.1 Å². The monoisotopic (exact) mass is 513 g/mol.